The second-order valence-corrected chi connectivity index (χ2v) is 7.37. The van der Waals surface area contributed by atoms with E-state index >= 15 is 0 Å². The fourth-order valence-electron chi connectivity index (χ4n) is 3.03. The normalized spacial score (nSPS) is 13.0. The quantitative estimate of drug-likeness (QED) is 0.235. The lowest BCUT2D eigenvalue weighted by atomic mass is 9.99. The van der Waals surface area contributed by atoms with Gasteiger partial charge in [-0.3, -0.25) is 0 Å². The van der Waals surface area contributed by atoms with Crippen molar-refractivity contribution in [2.45, 2.75) is 38.4 Å². The molecule has 180 valence electrons. The van der Waals surface area contributed by atoms with Crippen LogP contribution in [0.4, 0.5) is 9.18 Å². The second-order valence-electron chi connectivity index (χ2n) is 7.37. The minimum absolute atomic E-state index is 0.341. The first-order chi connectivity index (χ1) is 16.0. The van der Waals surface area contributed by atoms with E-state index in [-0.39, 0.29) is 12.4 Å². The van der Waals surface area contributed by atoms with Crippen molar-refractivity contribution in [3.8, 4) is 5.75 Å². The molecule has 0 heterocycles. The van der Waals surface area contributed by atoms with Crippen molar-refractivity contribution in [2.24, 2.45) is 0 Å². The number of hydrogen-bond acceptors (Lipinski definition) is 6. The molecule has 2 aromatic carbocycles. The smallest absolute Gasteiger partial charge is 0.501 e. The standard InChI is InChI=1S/C25H31FO7/c1-3-4-12-31-13-11-24(33-22(16-27)17-32-25(28)29)19-7-10-23(26)20(15-19)14-18-5-8-21(30-2)9-6-18/h5-11,13,15,22,24,27H,3-4,12,14,16-17H2,1-2H3,(H,28,29)/b13-11+. The predicted molar refractivity (Wildman–Crippen MR) is 121 cm³/mol. The van der Waals surface area contributed by atoms with E-state index in [0.717, 1.165) is 18.4 Å². The van der Waals surface area contributed by atoms with Crippen LogP contribution >= 0.6 is 0 Å². The number of unbranched alkanes of at least 4 members (excludes halogenated alkanes) is 1. The van der Waals surface area contributed by atoms with Gasteiger partial charge in [-0.05, 0) is 53.5 Å². The highest BCUT2D eigenvalue weighted by Gasteiger charge is 2.19. The van der Waals surface area contributed by atoms with E-state index in [4.69, 9.17) is 19.3 Å². The maximum absolute atomic E-state index is 14.6. The van der Waals surface area contributed by atoms with Crippen molar-refractivity contribution in [2.75, 3.05) is 26.9 Å². The summed E-state index contributed by atoms with van der Waals surface area (Å²) in [5.74, 6) is 0.359. The van der Waals surface area contributed by atoms with Gasteiger partial charge in [0.2, 0.25) is 0 Å². The van der Waals surface area contributed by atoms with E-state index in [0.29, 0.717) is 29.9 Å². The van der Waals surface area contributed by atoms with Crippen molar-refractivity contribution >= 4 is 6.16 Å². The highest BCUT2D eigenvalue weighted by atomic mass is 19.1. The minimum atomic E-state index is -1.46. The summed E-state index contributed by atoms with van der Waals surface area (Å²) in [5, 5.41) is 18.3. The number of aliphatic hydroxyl groups is 1. The molecule has 2 unspecified atom stereocenters. The van der Waals surface area contributed by atoms with Crippen LogP contribution in [0.1, 0.15) is 42.6 Å². The average Bonchev–Trinajstić information content (AvgIpc) is 2.82. The van der Waals surface area contributed by atoms with Crippen molar-refractivity contribution in [3.63, 3.8) is 0 Å². The summed E-state index contributed by atoms with van der Waals surface area (Å²) >= 11 is 0. The Labute approximate surface area is 193 Å². The molecule has 7 nitrogen and oxygen atoms in total. The first-order valence-corrected chi connectivity index (χ1v) is 10.8. The third-order valence-electron chi connectivity index (χ3n) is 4.85. The van der Waals surface area contributed by atoms with Crippen LogP contribution in [0.15, 0.2) is 54.8 Å². The molecule has 0 aliphatic carbocycles. The minimum Gasteiger partial charge on any atom is -0.501 e. The van der Waals surface area contributed by atoms with Gasteiger partial charge in [0.15, 0.2) is 0 Å². The Bertz CT molecular complexity index is 883. The molecule has 0 aliphatic heterocycles. The molecule has 2 aromatic rings. The predicted octanol–water partition coefficient (Wildman–Crippen LogP) is 4.87. The molecule has 8 heteroatoms. The van der Waals surface area contributed by atoms with Gasteiger partial charge in [0, 0.05) is 6.42 Å². The molecule has 2 rings (SSSR count). The lowest BCUT2D eigenvalue weighted by molar-refractivity contribution is -0.0568. The van der Waals surface area contributed by atoms with Gasteiger partial charge in [0.25, 0.3) is 0 Å². The Morgan fingerprint density at radius 2 is 1.94 bits per heavy atom. The highest BCUT2D eigenvalue weighted by molar-refractivity contribution is 5.56. The summed E-state index contributed by atoms with van der Waals surface area (Å²) in [5.41, 5.74) is 2.00. The molecule has 33 heavy (non-hydrogen) atoms. The molecule has 0 saturated carbocycles. The number of halogens is 1. The molecule has 0 spiro atoms. The molecule has 0 amide bonds. The molecule has 2 N–H and O–H groups in total. The summed E-state index contributed by atoms with van der Waals surface area (Å²) in [6.07, 6.45) is 2.30. The number of ether oxygens (including phenoxy) is 4. The average molecular weight is 463 g/mol. The Morgan fingerprint density at radius 3 is 2.58 bits per heavy atom. The van der Waals surface area contributed by atoms with Crippen LogP contribution in [0.25, 0.3) is 0 Å². The van der Waals surface area contributed by atoms with Gasteiger partial charge < -0.3 is 29.2 Å². The van der Waals surface area contributed by atoms with E-state index in [1.54, 1.807) is 25.3 Å². The number of carbonyl (C=O) groups is 1. The molecule has 0 fully saturated rings. The third-order valence-corrected chi connectivity index (χ3v) is 4.85. The van der Waals surface area contributed by atoms with Crippen LogP contribution < -0.4 is 4.74 Å². The maximum Gasteiger partial charge on any atom is 0.505 e. The molecular weight excluding hydrogens is 431 g/mol. The van der Waals surface area contributed by atoms with E-state index in [1.807, 2.05) is 24.3 Å². The van der Waals surface area contributed by atoms with Crippen molar-refractivity contribution in [1.29, 1.82) is 0 Å². The molecule has 0 radical (unpaired) electrons. The van der Waals surface area contributed by atoms with Crippen molar-refractivity contribution in [3.05, 3.63) is 77.3 Å². The second kappa shape index (κ2) is 14.1. The van der Waals surface area contributed by atoms with Crippen LogP contribution in [0.3, 0.4) is 0 Å². The van der Waals surface area contributed by atoms with E-state index < -0.39 is 25.0 Å². The Balaban J connectivity index is 2.23. The monoisotopic (exact) mass is 462 g/mol. The van der Waals surface area contributed by atoms with Gasteiger partial charge in [0.1, 0.15) is 30.4 Å². The van der Waals surface area contributed by atoms with E-state index in [2.05, 4.69) is 11.7 Å². The fourth-order valence-corrected chi connectivity index (χ4v) is 3.03. The Morgan fingerprint density at radius 1 is 1.18 bits per heavy atom. The van der Waals surface area contributed by atoms with Crippen LogP contribution in [-0.2, 0) is 20.6 Å². The summed E-state index contributed by atoms with van der Waals surface area (Å²) in [6, 6.07) is 12.0. The first-order valence-electron chi connectivity index (χ1n) is 10.8. The van der Waals surface area contributed by atoms with Crippen LogP contribution in [0.2, 0.25) is 0 Å². The number of benzene rings is 2. The van der Waals surface area contributed by atoms with Gasteiger partial charge in [0.05, 0.1) is 26.6 Å². The van der Waals surface area contributed by atoms with Gasteiger partial charge in [-0.15, -0.1) is 0 Å². The number of carboxylic acid groups (broad SMARTS) is 1. The molecular formula is C25H31FO7. The number of hydrogen-bond donors (Lipinski definition) is 2. The van der Waals surface area contributed by atoms with E-state index in [9.17, 15) is 14.3 Å². The molecule has 0 aromatic heterocycles. The van der Waals surface area contributed by atoms with E-state index in [1.165, 1.54) is 12.3 Å². The van der Waals surface area contributed by atoms with Crippen molar-refractivity contribution in [1.82, 2.24) is 0 Å². The molecule has 0 saturated heterocycles. The van der Waals surface area contributed by atoms with Gasteiger partial charge in [-0.1, -0.05) is 31.5 Å². The zero-order valence-corrected chi connectivity index (χ0v) is 18.9. The Hall–Kier alpha value is -3.10. The lowest BCUT2D eigenvalue weighted by Gasteiger charge is -2.22. The zero-order chi connectivity index (χ0) is 24.1. The topological polar surface area (TPSA) is 94.5 Å². The fraction of sp³-hybridized carbons (Fsp3) is 0.400. The largest absolute Gasteiger partial charge is 0.505 e. The number of aliphatic hydroxyl groups excluding tert-OH is 1. The van der Waals surface area contributed by atoms with Crippen molar-refractivity contribution < 1.29 is 38.3 Å². The lowest BCUT2D eigenvalue weighted by Crippen LogP contribution is -2.27. The summed E-state index contributed by atoms with van der Waals surface area (Å²) in [6.45, 7) is 1.80. The summed E-state index contributed by atoms with van der Waals surface area (Å²) in [7, 11) is 1.58. The number of methoxy groups -OCH3 is 1. The summed E-state index contributed by atoms with van der Waals surface area (Å²) < 4.78 is 35.6. The zero-order valence-electron chi connectivity index (χ0n) is 18.9. The van der Waals surface area contributed by atoms with Gasteiger partial charge in [-0.2, -0.15) is 0 Å². The first kappa shape index (κ1) is 26.2. The Kier molecular flexibility index (Phi) is 11.2. The SMILES string of the molecule is CCCCO/C=C/C(OC(CO)COC(=O)O)c1ccc(F)c(Cc2ccc(OC)cc2)c1. The summed E-state index contributed by atoms with van der Waals surface area (Å²) in [4.78, 5) is 10.7. The molecule has 0 bridgehead atoms. The van der Waals surface area contributed by atoms with Gasteiger partial charge >= 0.3 is 6.16 Å². The third kappa shape index (κ3) is 9.11. The molecule has 2 atom stereocenters. The highest BCUT2D eigenvalue weighted by Crippen LogP contribution is 2.25. The number of rotatable bonds is 14. The van der Waals surface area contributed by atoms with Crippen LogP contribution in [0.5, 0.6) is 5.75 Å². The maximum atomic E-state index is 14.6. The van der Waals surface area contributed by atoms with Gasteiger partial charge in [-0.25, -0.2) is 9.18 Å². The molecule has 0 aliphatic rings. The van der Waals surface area contributed by atoms with Crippen LogP contribution in [-0.4, -0.2) is 49.4 Å². The van der Waals surface area contributed by atoms with Crippen LogP contribution in [0, 0.1) is 5.82 Å².